The highest BCUT2D eigenvalue weighted by atomic mass is 35.5. The second-order valence-electron chi connectivity index (χ2n) is 8.05. The summed E-state index contributed by atoms with van der Waals surface area (Å²) in [6, 6.07) is 11.5. The number of carbonyl (C=O) groups is 1. The molecule has 0 bridgehead atoms. The monoisotopic (exact) mass is 526 g/mol. The van der Waals surface area contributed by atoms with E-state index >= 15 is 0 Å². The van der Waals surface area contributed by atoms with E-state index in [1.165, 1.54) is 16.0 Å². The molecule has 1 aliphatic heterocycles. The fourth-order valence-electron chi connectivity index (χ4n) is 4.38. The predicted octanol–water partition coefficient (Wildman–Crippen LogP) is 7.62. The molecular weight excluding hydrogens is 511 g/mol. The van der Waals surface area contributed by atoms with Gasteiger partial charge in [0, 0.05) is 28.1 Å². The molecule has 0 fully saturated rings. The number of hydrogen-bond donors (Lipinski definition) is 2. The maximum atomic E-state index is 12.5. The number of thioether (sulfide) groups is 1. The van der Waals surface area contributed by atoms with E-state index in [-0.39, 0.29) is 10.9 Å². The molecule has 2 N–H and O–H groups in total. The van der Waals surface area contributed by atoms with Crippen LogP contribution in [-0.2, 0) is 0 Å². The van der Waals surface area contributed by atoms with E-state index in [1.54, 1.807) is 11.8 Å². The number of aromatic nitrogens is 4. The summed E-state index contributed by atoms with van der Waals surface area (Å²) in [6.07, 6.45) is 1.86. The van der Waals surface area contributed by atoms with Crippen LogP contribution in [0.5, 0.6) is 0 Å². The SMILES string of the molecule is Cc1nn(-c2nc3c(s2)SC(C)c2cc(Cl)c(Cl)cc2-3)c(C(=O)O)c1-c1ccc2cc[nH]c2c1. The van der Waals surface area contributed by atoms with Crippen LogP contribution in [0.1, 0.15) is 33.9 Å². The van der Waals surface area contributed by atoms with E-state index in [0.29, 0.717) is 26.4 Å². The minimum atomic E-state index is -1.06. The second-order valence-corrected chi connectivity index (χ2v) is 11.5. The molecule has 1 aliphatic rings. The van der Waals surface area contributed by atoms with Gasteiger partial charge in [-0.15, -0.1) is 11.8 Å². The van der Waals surface area contributed by atoms with Crippen molar-refractivity contribution >= 4 is 63.2 Å². The van der Waals surface area contributed by atoms with Crippen LogP contribution in [0.2, 0.25) is 10.0 Å². The number of benzene rings is 2. The summed E-state index contributed by atoms with van der Waals surface area (Å²) >= 11 is 15.7. The smallest absolute Gasteiger partial charge is 0.355 e. The molecular formula is C24H16Cl2N4O2S2. The van der Waals surface area contributed by atoms with Crippen molar-refractivity contribution in [3.8, 4) is 27.5 Å². The van der Waals surface area contributed by atoms with Crippen molar-refractivity contribution in [3.05, 3.63) is 69.6 Å². The second kappa shape index (κ2) is 7.88. The zero-order chi connectivity index (χ0) is 23.7. The third-order valence-corrected chi connectivity index (χ3v) is 9.04. The molecule has 2 aromatic carbocycles. The Morgan fingerprint density at radius 2 is 1.97 bits per heavy atom. The first kappa shape index (κ1) is 21.7. The van der Waals surface area contributed by atoms with Gasteiger partial charge in [0.1, 0.15) is 0 Å². The van der Waals surface area contributed by atoms with E-state index in [0.717, 1.165) is 37.5 Å². The molecule has 6 nitrogen and oxygen atoms in total. The maximum absolute atomic E-state index is 12.5. The van der Waals surface area contributed by atoms with Crippen LogP contribution in [0.4, 0.5) is 0 Å². The topological polar surface area (TPSA) is 83.8 Å². The standard InChI is InChI=1S/C24H16Cl2N4O2S2/c1-10-19(13-4-3-12-5-6-27-18(12)7-13)21(22(31)32)30(29-10)24-28-20-15-9-17(26)16(25)8-14(15)11(2)33-23(20)34-24/h3-9,11,27H,1-2H3,(H,31,32). The number of aryl methyl sites for hydroxylation is 1. The van der Waals surface area contributed by atoms with Gasteiger partial charge in [0.05, 0.1) is 25.6 Å². The van der Waals surface area contributed by atoms with Crippen LogP contribution in [0, 0.1) is 6.92 Å². The highest BCUT2D eigenvalue weighted by Gasteiger charge is 2.31. The van der Waals surface area contributed by atoms with Gasteiger partial charge in [-0.1, -0.05) is 46.7 Å². The van der Waals surface area contributed by atoms with Gasteiger partial charge in [0.25, 0.3) is 0 Å². The molecule has 170 valence electrons. The van der Waals surface area contributed by atoms with Gasteiger partial charge in [-0.25, -0.2) is 9.78 Å². The lowest BCUT2D eigenvalue weighted by Crippen LogP contribution is -2.09. The number of halogens is 2. The fraction of sp³-hybridized carbons (Fsp3) is 0.125. The lowest BCUT2D eigenvalue weighted by Gasteiger charge is -2.21. The summed E-state index contributed by atoms with van der Waals surface area (Å²) in [5, 5.41) is 17.5. The van der Waals surface area contributed by atoms with E-state index in [1.807, 2.05) is 49.5 Å². The molecule has 0 spiro atoms. The van der Waals surface area contributed by atoms with Crippen molar-refractivity contribution in [2.75, 3.05) is 0 Å². The molecule has 4 heterocycles. The number of hydrogen-bond acceptors (Lipinski definition) is 5. The van der Waals surface area contributed by atoms with Crippen molar-refractivity contribution in [1.82, 2.24) is 19.7 Å². The zero-order valence-electron chi connectivity index (χ0n) is 17.9. The summed E-state index contributed by atoms with van der Waals surface area (Å²) in [5.74, 6) is -1.06. The molecule has 0 saturated heterocycles. The molecule has 0 saturated carbocycles. The average Bonchev–Trinajstić information content (AvgIpc) is 3.51. The molecule has 0 radical (unpaired) electrons. The number of rotatable bonds is 3. The first-order valence-electron chi connectivity index (χ1n) is 10.4. The first-order valence-corrected chi connectivity index (χ1v) is 12.8. The Balaban J connectivity index is 1.54. The van der Waals surface area contributed by atoms with Crippen molar-refractivity contribution < 1.29 is 9.90 Å². The number of H-pyrrole nitrogens is 1. The molecule has 0 aliphatic carbocycles. The lowest BCUT2D eigenvalue weighted by molar-refractivity contribution is 0.0688. The Labute approximate surface area is 212 Å². The fourth-order valence-corrected chi connectivity index (χ4v) is 7.24. The normalized spacial score (nSPS) is 14.9. The van der Waals surface area contributed by atoms with Crippen LogP contribution in [0.15, 0.2) is 46.8 Å². The van der Waals surface area contributed by atoms with Gasteiger partial charge in [-0.3, -0.25) is 0 Å². The average molecular weight is 527 g/mol. The molecule has 1 atom stereocenters. The molecule has 0 amide bonds. The molecule has 5 aromatic rings. The van der Waals surface area contributed by atoms with E-state index in [2.05, 4.69) is 17.0 Å². The number of carboxylic acid groups (broad SMARTS) is 1. The molecule has 1 unspecified atom stereocenters. The largest absolute Gasteiger partial charge is 0.476 e. The van der Waals surface area contributed by atoms with Crippen LogP contribution < -0.4 is 0 Å². The van der Waals surface area contributed by atoms with Crippen molar-refractivity contribution in [2.24, 2.45) is 0 Å². The van der Waals surface area contributed by atoms with Gasteiger partial charge in [0.15, 0.2) is 5.69 Å². The lowest BCUT2D eigenvalue weighted by atomic mass is 10.0. The van der Waals surface area contributed by atoms with Crippen molar-refractivity contribution in [1.29, 1.82) is 0 Å². The Kier molecular flexibility index (Phi) is 5.04. The minimum Gasteiger partial charge on any atom is -0.476 e. The number of aromatic amines is 1. The Morgan fingerprint density at radius 3 is 2.76 bits per heavy atom. The maximum Gasteiger partial charge on any atom is 0.355 e. The minimum absolute atomic E-state index is 0.0851. The number of nitrogens with zero attached hydrogens (tertiary/aromatic N) is 3. The summed E-state index contributed by atoms with van der Waals surface area (Å²) in [7, 11) is 0. The zero-order valence-corrected chi connectivity index (χ0v) is 21.0. The summed E-state index contributed by atoms with van der Waals surface area (Å²) in [6.45, 7) is 3.92. The first-order chi connectivity index (χ1) is 16.3. The van der Waals surface area contributed by atoms with Crippen LogP contribution >= 0.6 is 46.3 Å². The number of thiazole rings is 1. The Hall–Kier alpha value is -2.78. The van der Waals surface area contributed by atoms with Crippen molar-refractivity contribution in [2.45, 2.75) is 23.3 Å². The predicted molar refractivity (Wildman–Crippen MR) is 138 cm³/mol. The highest BCUT2D eigenvalue weighted by molar-refractivity contribution is 8.01. The van der Waals surface area contributed by atoms with Gasteiger partial charge in [-0.2, -0.15) is 9.78 Å². The van der Waals surface area contributed by atoms with Crippen LogP contribution in [0.3, 0.4) is 0 Å². The third-order valence-electron chi connectivity index (χ3n) is 5.94. The Bertz CT molecular complexity index is 1640. The van der Waals surface area contributed by atoms with Crippen LogP contribution in [0.25, 0.3) is 38.4 Å². The third kappa shape index (κ3) is 3.28. The van der Waals surface area contributed by atoms with Gasteiger partial charge < -0.3 is 10.1 Å². The number of nitrogens with one attached hydrogen (secondary N) is 1. The van der Waals surface area contributed by atoms with Gasteiger partial charge >= 0.3 is 5.97 Å². The molecule has 10 heteroatoms. The van der Waals surface area contributed by atoms with E-state index < -0.39 is 5.97 Å². The quantitative estimate of drug-likeness (QED) is 0.252. The number of aromatic carboxylic acids is 1. The van der Waals surface area contributed by atoms with Crippen molar-refractivity contribution in [3.63, 3.8) is 0 Å². The number of fused-ring (bicyclic) bond motifs is 4. The summed E-state index contributed by atoms with van der Waals surface area (Å²) in [4.78, 5) is 20.5. The van der Waals surface area contributed by atoms with Gasteiger partial charge in [0.2, 0.25) is 5.13 Å². The highest BCUT2D eigenvalue weighted by Crippen LogP contribution is 2.53. The number of carboxylic acids is 1. The van der Waals surface area contributed by atoms with Crippen LogP contribution in [-0.4, -0.2) is 30.8 Å². The van der Waals surface area contributed by atoms with E-state index in [4.69, 9.17) is 28.2 Å². The Morgan fingerprint density at radius 1 is 1.18 bits per heavy atom. The van der Waals surface area contributed by atoms with Gasteiger partial charge in [-0.05, 0) is 54.6 Å². The molecule has 34 heavy (non-hydrogen) atoms. The molecule has 6 rings (SSSR count). The summed E-state index contributed by atoms with van der Waals surface area (Å²) < 4.78 is 2.43. The summed E-state index contributed by atoms with van der Waals surface area (Å²) in [5.41, 5.74) is 5.74. The molecule has 3 aromatic heterocycles. The van der Waals surface area contributed by atoms with E-state index in [9.17, 15) is 9.90 Å².